The molecular weight excluding hydrogens is 341 g/mol. The summed E-state index contributed by atoms with van der Waals surface area (Å²) in [7, 11) is 0. The molecule has 0 amide bonds. The van der Waals surface area contributed by atoms with E-state index in [9.17, 15) is 0 Å². The van der Waals surface area contributed by atoms with Gasteiger partial charge in [-0.3, -0.25) is 0 Å². The van der Waals surface area contributed by atoms with Crippen molar-refractivity contribution in [2.45, 2.75) is 13.0 Å². The Labute approximate surface area is 123 Å². The molecule has 5 heteroatoms. The molecule has 0 aliphatic rings. The van der Waals surface area contributed by atoms with Crippen LogP contribution >= 0.6 is 50.5 Å². The second-order valence-corrected chi connectivity index (χ2v) is 6.73. The average Bonchev–Trinajstić information content (AvgIpc) is 2.62. The van der Waals surface area contributed by atoms with Crippen LogP contribution in [0.25, 0.3) is 0 Å². The predicted octanol–water partition coefficient (Wildman–Crippen LogP) is 5.17. The number of aryl methyl sites for hydroxylation is 1. The van der Waals surface area contributed by atoms with Gasteiger partial charge in [0.05, 0.1) is 6.04 Å². The summed E-state index contributed by atoms with van der Waals surface area (Å²) in [5.74, 6) is 0. The molecule has 0 aliphatic carbocycles. The highest BCUT2D eigenvalue weighted by Crippen LogP contribution is 2.37. The average molecular weight is 351 g/mol. The van der Waals surface area contributed by atoms with Gasteiger partial charge < -0.3 is 5.73 Å². The summed E-state index contributed by atoms with van der Waals surface area (Å²) < 4.78 is 1.60. The Morgan fingerprint density at radius 2 is 2.00 bits per heavy atom. The lowest BCUT2D eigenvalue weighted by Gasteiger charge is -2.13. The molecule has 1 aromatic heterocycles. The van der Waals surface area contributed by atoms with Gasteiger partial charge in [-0.15, -0.1) is 11.3 Å². The molecule has 0 saturated heterocycles. The van der Waals surface area contributed by atoms with Crippen molar-refractivity contribution >= 4 is 50.5 Å². The van der Waals surface area contributed by atoms with Crippen LogP contribution in [-0.2, 0) is 0 Å². The zero-order valence-corrected chi connectivity index (χ0v) is 12.9. The van der Waals surface area contributed by atoms with Gasteiger partial charge in [-0.2, -0.15) is 0 Å². The van der Waals surface area contributed by atoms with Crippen LogP contribution < -0.4 is 5.73 Å². The Bertz CT molecular complexity index is 534. The quantitative estimate of drug-likeness (QED) is 0.793. The molecule has 0 aliphatic heterocycles. The van der Waals surface area contributed by atoms with Crippen LogP contribution in [0.2, 0.25) is 9.36 Å². The Hall–Kier alpha value is -0.0600. The van der Waals surface area contributed by atoms with Gasteiger partial charge in [-0.05, 0) is 52.2 Å². The largest absolute Gasteiger partial charge is 0.320 e. The second-order valence-electron chi connectivity index (χ2n) is 3.75. The van der Waals surface area contributed by atoms with Crippen molar-refractivity contribution in [3.63, 3.8) is 0 Å². The maximum atomic E-state index is 6.24. The predicted molar refractivity (Wildman–Crippen MR) is 79.2 cm³/mol. The van der Waals surface area contributed by atoms with Crippen molar-refractivity contribution in [3.05, 3.63) is 54.1 Å². The molecule has 90 valence electrons. The van der Waals surface area contributed by atoms with Crippen molar-refractivity contribution < 1.29 is 0 Å². The lowest BCUT2D eigenvalue weighted by atomic mass is 10.0. The van der Waals surface area contributed by atoms with E-state index in [2.05, 4.69) is 15.9 Å². The van der Waals surface area contributed by atoms with Gasteiger partial charge in [0.25, 0.3) is 0 Å². The van der Waals surface area contributed by atoms with E-state index in [0.717, 1.165) is 24.8 Å². The first-order valence-electron chi connectivity index (χ1n) is 4.95. The topological polar surface area (TPSA) is 26.0 Å². The van der Waals surface area contributed by atoms with Crippen molar-refractivity contribution in [2.24, 2.45) is 5.73 Å². The Kier molecular flexibility index (Phi) is 4.16. The zero-order valence-electron chi connectivity index (χ0n) is 9.01. The molecule has 1 unspecified atom stereocenters. The minimum absolute atomic E-state index is 0.192. The molecule has 17 heavy (non-hydrogen) atoms. The van der Waals surface area contributed by atoms with Crippen molar-refractivity contribution in [1.29, 1.82) is 0 Å². The molecule has 1 atom stereocenters. The highest BCUT2D eigenvalue weighted by Gasteiger charge is 2.16. The van der Waals surface area contributed by atoms with Gasteiger partial charge in [-0.1, -0.05) is 29.3 Å². The lowest BCUT2D eigenvalue weighted by Crippen LogP contribution is -2.11. The fraction of sp³-hybridized carbons (Fsp3) is 0.167. The van der Waals surface area contributed by atoms with Crippen LogP contribution in [-0.4, -0.2) is 0 Å². The minimum Gasteiger partial charge on any atom is -0.320 e. The molecule has 2 aromatic rings. The SMILES string of the molecule is Cc1ccc(Cl)cc1C(N)c1cc(Br)c(Cl)s1. The number of hydrogen-bond acceptors (Lipinski definition) is 2. The van der Waals surface area contributed by atoms with E-state index in [1.807, 2.05) is 31.2 Å². The van der Waals surface area contributed by atoms with Crippen LogP contribution in [0.5, 0.6) is 0 Å². The molecule has 0 saturated carbocycles. The number of hydrogen-bond donors (Lipinski definition) is 1. The van der Waals surface area contributed by atoms with Crippen molar-refractivity contribution in [1.82, 2.24) is 0 Å². The third kappa shape index (κ3) is 2.85. The van der Waals surface area contributed by atoms with Crippen molar-refractivity contribution in [2.75, 3.05) is 0 Å². The summed E-state index contributed by atoms with van der Waals surface area (Å²) in [6, 6.07) is 7.51. The first kappa shape index (κ1) is 13.4. The number of rotatable bonds is 2. The third-order valence-electron chi connectivity index (χ3n) is 2.55. The molecule has 1 nitrogen and oxygen atoms in total. The molecular formula is C12H10BrCl2NS. The monoisotopic (exact) mass is 349 g/mol. The third-order valence-corrected chi connectivity index (χ3v) is 5.34. The molecule has 0 radical (unpaired) electrons. The Balaban J connectivity index is 2.42. The van der Waals surface area contributed by atoms with E-state index < -0.39 is 0 Å². The molecule has 1 aromatic carbocycles. The summed E-state index contributed by atoms with van der Waals surface area (Å²) in [4.78, 5) is 1.02. The van der Waals surface area contributed by atoms with Gasteiger partial charge in [0.15, 0.2) is 0 Å². The van der Waals surface area contributed by atoms with Crippen LogP contribution in [0.1, 0.15) is 22.0 Å². The Morgan fingerprint density at radius 1 is 1.29 bits per heavy atom. The first-order chi connectivity index (χ1) is 7.99. The fourth-order valence-corrected chi connectivity index (χ4v) is 3.55. The van der Waals surface area contributed by atoms with E-state index in [4.69, 9.17) is 28.9 Å². The molecule has 0 bridgehead atoms. The second kappa shape index (κ2) is 5.29. The summed E-state index contributed by atoms with van der Waals surface area (Å²) in [5, 5.41) is 0.697. The molecule has 1 heterocycles. The van der Waals surface area contributed by atoms with Crippen LogP contribution in [0.15, 0.2) is 28.7 Å². The zero-order chi connectivity index (χ0) is 12.6. The number of benzene rings is 1. The van der Waals surface area contributed by atoms with E-state index in [-0.39, 0.29) is 6.04 Å². The summed E-state index contributed by atoms with van der Waals surface area (Å²) in [6.07, 6.45) is 0. The van der Waals surface area contributed by atoms with Gasteiger partial charge in [0.2, 0.25) is 0 Å². The highest BCUT2D eigenvalue weighted by molar-refractivity contribution is 9.10. The standard InChI is InChI=1S/C12H10BrCl2NS/c1-6-2-3-7(14)4-8(6)11(16)10-5-9(13)12(15)17-10/h2-5,11H,16H2,1H3. The van der Waals surface area contributed by atoms with E-state index in [0.29, 0.717) is 5.02 Å². The molecule has 2 N–H and O–H groups in total. The van der Waals surface area contributed by atoms with E-state index in [1.165, 1.54) is 11.3 Å². The fourth-order valence-electron chi connectivity index (χ4n) is 1.62. The minimum atomic E-state index is -0.192. The molecule has 2 rings (SSSR count). The van der Waals surface area contributed by atoms with Gasteiger partial charge in [-0.25, -0.2) is 0 Å². The van der Waals surface area contributed by atoms with E-state index >= 15 is 0 Å². The number of thiophene rings is 1. The van der Waals surface area contributed by atoms with Gasteiger partial charge in [0.1, 0.15) is 4.34 Å². The first-order valence-corrected chi connectivity index (χ1v) is 7.32. The normalized spacial score (nSPS) is 12.8. The number of nitrogens with two attached hydrogens (primary N) is 1. The Morgan fingerprint density at radius 3 is 2.59 bits per heavy atom. The molecule has 0 fully saturated rings. The number of halogens is 3. The van der Waals surface area contributed by atoms with Gasteiger partial charge in [0, 0.05) is 14.4 Å². The van der Waals surface area contributed by atoms with Crippen LogP contribution in [0.3, 0.4) is 0 Å². The van der Waals surface area contributed by atoms with E-state index in [1.54, 1.807) is 0 Å². The summed E-state index contributed by atoms with van der Waals surface area (Å²) in [5.41, 5.74) is 8.40. The van der Waals surface area contributed by atoms with Crippen LogP contribution in [0, 0.1) is 6.92 Å². The maximum Gasteiger partial charge on any atom is 0.107 e. The highest BCUT2D eigenvalue weighted by atomic mass is 79.9. The summed E-state index contributed by atoms with van der Waals surface area (Å²) >= 11 is 16.9. The summed E-state index contributed by atoms with van der Waals surface area (Å²) in [6.45, 7) is 2.02. The lowest BCUT2D eigenvalue weighted by molar-refractivity contribution is 0.882. The van der Waals surface area contributed by atoms with Crippen LogP contribution in [0.4, 0.5) is 0 Å². The molecule has 0 spiro atoms. The smallest absolute Gasteiger partial charge is 0.107 e. The van der Waals surface area contributed by atoms with Gasteiger partial charge >= 0.3 is 0 Å². The van der Waals surface area contributed by atoms with Crippen molar-refractivity contribution in [3.8, 4) is 0 Å². The maximum absolute atomic E-state index is 6.24.